The molecule has 20 heavy (non-hydrogen) atoms. The number of rotatable bonds is 2. The first kappa shape index (κ1) is 14.6. The highest BCUT2D eigenvalue weighted by atomic mass is 16.4. The molecule has 0 saturated carbocycles. The van der Waals surface area contributed by atoms with E-state index in [4.69, 9.17) is 5.73 Å². The molecule has 7 nitrogen and oxygen atoms in total. The Balaban J connectivity index is 2.05. The Morgan fingerprint density at radius 1 is 1.05 bits per heavy atom. The van der Waals surface area contributed by atoms with E-state index in [0.29, 0.717) is 32.5 Å². The number of carbonyl (C=O) groups is 3. The van der Waals surface area contributed by atoms with E-state index >= 15 is 0 Å². The minimum atomic E-state index is -0.957. The van der Waals surface area contributed by atoms with E-state index in [2.05, 4.69) is 0 Å². The van der Waals surface area contributed by atoms with Crippen LogP contribution in [0.1, 0.15) is 32.1 Å². The second-order valence-corrected chi connectivity index (χ2v) is 5.51. The van der Waals surface area contributed by atoms with Crippen molar-refractivity contribution < 1.29 is 19.5 Å². The molecule has 0 aliphatic carbocycles. The molecule has 3 amide bonds. The van der Waals surface area contributed by atoms with Crippen LogP contribution < -0.4 is 5.73 Å². The molecule has 2 unspecified atom stereocenters. The zero-order valence-corrected chi connectivity index (χ0v) is 11.5. The van der Waals surface area contributed by atoms with Crippen molar-refractivity contribution in [2.45, 2.75) is 38.1 Å². The smallest absolute Gasteiger partial charge is 0.326 e. The maximum Gasteiger partial charge on any atom is 0.326 e. The van der Waals surface area contributed by atoms with Crippen molar-refractivity contribution in [3.05, 3.63) is 0 Å². The molecule has 3 N–H and O–H groups in total. The molecule has 0 aromatic rings. The molecule has 0 bridgehead atoms. The van der Waals surface area contributed by atoms with Gasteiger partial charge in [-0.3, -0.25) is 4.79 Å². The molecule has 0 aromatic carbocycles. The number of hydrogen-bond acceptors (Lipinski definition) is 3. The van der Waals surface area contributed by atoms with Gasteiger partial charge in [0.2, 0.25) is 5.91 Å². The lowest BCUT2D eigenvalue weighted by Crippen LogP contribution is -2.55. The monoisotopic (exact) mass is 283 g/mol. The van der Waals surface area contributed by atoms with Gasteiger partial charge in [-0.15, -0.1) is 0 Å². The van der Waals surface area contributed by atoms with Gasteiger partial charge in [0.1, 0.15) is 6.04 Å². The molecule has 2 rings (SSSR count). The molecule has 112 valence electrons. The number of primary amides is 1. The van der Waals surface area contributed by atoms with Gasteiger partial charge in [0, 0.05) is 19.6 Å². The van der Waals surface area contributed by atoms with Crippen molar-refractivity contribution in [1.29, 1.82) is 0 Å². The average Bonchev–Trinajstić information content (AvgIpc) is 2.46. The van der Waals surface area contributed by atoms with Crippen LogP contribution in [0.4, 0.5) is 4.79 Å². The van der Waals surface area contributed by atoms with Gasteiger partial charge in [-0.2, -0.15) is 0 Å². The summed E-state index contributed by atoms with van der Waals surface area (Å²) >= 11 is 0. The summed E-state index contributed by atoms with van der Waals surface area (Å²) in [6.45, 7) is 1.33. The Hall–Kier alpha value is -1.79. The van der Waals surface area contributed by atoms with Gasteiger partial charge < -0.3 is 20.6 Å². The van der Waals surface area contributed by atoms with Crippen molar-refractivity contribution >= 4 is 17.9 Å². The van der Waals surface area contributed by atoms with E-state index in [0.717, 1.165) is 19.3 Å². The van der Waals surface area contributed by atoms with Gasteiger partial charge in [0.05, 0.1) is 5.92 Å². The van der Waals surface area contributed by atoms with Crippen LogP contribution >= 0.6 is 0 Å². The van der Waals surface area contributed by atoms with Gasteiger partial charge in [0.15, 0.2) is 0 Å². The molecular formula is C13H21N3O4. The Kier molecular flexibility index (Phi) is 4.46. The van der Waals surface area contributed by atoms with Crippen molar-refractivity contribution in [3.63, 3.8) is 0 Å². The van der Waals surface area contributed by atoms with Crippen LogP contribution in [-0.4, -0.2) is 58.5 Å². The van der Waals surface area contributed by atoms with E-state index in [1.54, 1.807) is 4.90 Å². The number of nitrogens with two attached hydrogens (primary N) is 1. The Morgan fingerprint density at radius 3 is 2.45 bits per heavy atom. The van der Waals surface area contributed by atoms with Gasteiger partial charge >= 0.3 is 12.0 Å². The first-order chi connectivity index (χ1) is 9.50. The lowest BCUT2D eigenvalue weighted by atomic mass is 9.97. The molecule has 2 aliphatic rings. The number of piperidine rings is 2. The molecule has 0 aromatic heterocycles. The lowest BCUT2D eigenvalue weighted by molar-refractivity contribution is -0.143. The standard InChI is InChI=1S/C13H21N3O4/c14-11(17)9-4-3-6-15(8-9)13(20)16-7-2-1-5-10(16)12(18)19/h9-10H,1-8H2,(H2,14,17)(H,18,19). The van der Waals surface area contributed by atoms with Crippen LogP contribution in [0.3, 0.4) is 0 Å². The number of likely N-dealkylation sites (tertiary alicyclic amines) is 2. The first-order valence-corrected chi connectivity index (χ1v) is 7.08. The minimum absolute atomic E-state index is 0.275. The summed E-state index contributed by atoms with van der Waals surface area (Å²) in [5.41, 5.74) is 5.30. The molecule has 2 atom stereocenters. The van der Waals surface area contributed by atoms with E-state index < -0.39 is 17.9 Å². The van der Waals surface area contributed by atoms with E-state index in [9.17, 15) is 19.5 Å². The number of carbonyl (C=O) groups excluding carboxylic acids is 2. The average molecular weight is 283 g/mol. The maximum absolute atomic E-state index is 12.5. The molecule has 2 fully saturated rings. The molecule has 0 spiro atoms. The van der Waals surface area contributed by atoms with E-state index in [1.807, 2.05) is 0 Å². The fourth-order valence-electron chi connectivity index (χ4n) is 2.98. The SMILES string of the molecule is NC(=O)C1CCCN(C(=O)N2CCCCC2C(=O)O)C1. The predicted molar refractivity (Wildman–Crippen MR) is 70.9 cm³/mol. The third kappa shape index (κ3) is 3.02. The summed E-state index contributed by atoms with van der Waals surface area (Å²) in [5, 5.41) is 9.21. The normalized spacial score (nSPS) is 27.2. The van der Waals surface area contributed by atoms with E-state index in [1.165, 1.54) is 4.90 Å². The fraction of sp³-hybridized carbons (Fsp3) is 0.769. The Labute approximate surface area is 117 Å². The van der Waals surface area contributed by atoms with Crippen molar-refractivity contribution in [2.24, 2.45) is 11.7 Å². The summed E-state index contributed by atoms with van der Waals surface area (Å²) in [5.74, 6) is -1.67. The zero-order chi connectivity index (χ0) is 14.7. The molecule has 0 radical (unpaired) electrons. The summed E-state index contributed by atoms with van der Waals surface area (Å²) in [6.07, 6.45) is 3.56. The fourth-order valence-corrected chi connectivity index (χ4v) is 2.98. The largest absolute Gasteiger partial charge is 0.480 e. The third-order valence-corrected chi connectivity index (χ3v) is 4.13. The number of urea groups is 1. The number of carboxylic acids is 1. The van der Waals surface area contributed by atoms with Gasteiger partial charge in [-0.05, 0) is 32.1 Å². The number of amides is 3. The van der Waals surface area contributed by atoms with Crippen molar-refractivity contribution in [2.75, 3.05) is 19.6 Å². The van der Waals surface area contributed by atoms with Crippen LogP contribution in [0.25, 0.3) is 0 Å². The molecule has 2 aliphatic heterocycles. The van der Waals surface area contributed by atoms with Crippen molar-refractivity contribution in [1.82, 2.24) is 9.80 Å². The minimum Gasteiger partial charge on any atom is -0.480 e. The second-order valence-electron chi connectivity index (χ2n) is 5.51. The van der Waals surface area contributed by atoms with Gasteiger partial charge in [0.25, 0.3) is 0 Å². The van der Waals surface area contributed by atoms with Crippen LogP contribution in [-0.2, 0) is 9.59 Å². The van der Waals surface area contributed by atoms with Crippen LogP contribution in [0.5, 0.6) is 0 Å². The quantitative estimate of drug-likeness (QED) is 0.757. The predicted octanol–water partition coefficient (Wildman–Crippen LogP) is 0.243. The molecule has 2 heterocycles. The third-order valence-electron chi connectivity index (χ3n) is 4.13. The molecular weight excluding hydrogens is 262 g/mol. The highest BCUT2D eigenvalue weighted by molar-refractivity contribution is 5.84. The summed E-state index contributed by atoms with van der Waals surface area (Å²) in [7, 11) is 0. The second kappa shape index (κ2) is 6.11. The van der Waals surface area contributed by atoms with Gasteiger partial charge in [-0.1, -0.05) is 0 Å². The zero-order valence-electron chi connectivity index (χ0n) is 11.5. The summed E-state index contributed by atoms with van der Waals surface area (Å²) in [4.78, 5) is 38.0. The molecule has 7 heteroatoms. The number of carboxylic acid groups (broad SMARTS) is 1. The highest BCUT2D eigenvalue weighted by Crippen LogP contribution is 2.22. The van der Waals surface area contributed by atoms with Crippen LogP contribution in [0.15, 0.2) is 0 Å². The lowest BCUT2D eigenvalue weighted by Gasteiger charge is -2.39. The summed E-state index contributed by atoms with van der Waals surface area (Å²) in [6, 6.07) is -1.02. The topological polar surface area (TPSA) is 104 Å². The Morgan fingerprint density at radius 2 is 1.80 bits per heavy atom. The van der Waals surface area contributed by atoms with E-state index in [-0.39, 0.29) is 11.9 Å². The Bertz CT molecular complexity index is 412. The summed E-state index contributed by atoms with van der Waals surface area (Å²) < 4.78 is 0. The number of hydrogen-bond donors (Lipinski definition) is 2. The van der Waals surface area contributed by atoms with Crippen LogP contribution in [0, 0.1) is 5.92 Å². The number of nitrogens with zero attached hydrogens (tertiary/aromatic N) is 2. The first-order valence-electron chi connectivity index (χ1n) is 7.08. The highest BCUT2D eigenvalue weighted by Gasteiger charge is 2.36. The number of aliphatic carboxylic acids is 1. The molecule has 2 saturated heterocycles. The maximum atomic E-state index is 12.5. The van der Waals surface area contributed by atoms with Gasteiger partial charge in [-0.25, -0.2) is 9.59 Å². The van der Waals surface area contributed by atoms with Crippen LogP contribution in [0.2, 0.25) is 0 Å². The van der Waals surface area contributed by atoms with Crippen molar-refractivity contribution in [3.8, 4) is 0 Å².